The van der Waals surface area contributed by atoms with Gasteiger partial charge >= 0.3 is 0 Å². The van der Waals surface area contributed by atoms with Gasteiger partial charge in [-0.05, 0) is 0 Å². The van der Waals surface area contributed by atoms with Crippen molar-refractivity contribution in [2.24, 2.45) is 7.05 Å². The largest absolute Gasteiger partial charge is 0.348 e. The third kappa shape index (κ3) is 1.39. The van der Waals surface area contributed by atoms with Crippen molar-refractivity contribution in [1.82, 2.24) is 9.55 Å². The van der Waals surface area contributed by atoms with Crippen LogP contribution in [0.3, 0.4) is 0 Å². The molecule has 1 aromatic heterocycles. The quantitative estimate of drug-likeness (QED) is 0.573. The maximum absolute atomic E-state index is 10.3. The third-order valence-electron chi connectivity index (χ3n) is 1.39. The number of hydrogen-bond acceptors (Lipinski definition) is 3. The minimum atomic E-state index is 0.469. The van der Waals surface area contributed by atoms with Crippen molar-refractivity contribution in [3.8, 4) is 0 Å². The summed E-state index contributed by atoms with van der Waals surface area (Å²) in [4.78, 5) is 16.2. The molecule has 1 rings (SSSR count). The van der Waals surface area contributed by atoms with Gasteiger partial charge in [0, 0.05) is 27.3 Å². The van der Waals surface area contributed by atoms with Crippen LogP contribution in [0.5, 0.6) is 0 Å². The number of imidazole rings is 1. The van der Waals surface area contributed by atoms with Crippen LogP contribution in [0, 0.1) is 0 Å². The van der Waals surface area contributed by atoms with E-state index in [4.69, 9.17) is 0 Å². The maximum Gasteiger partial charge on any atom is 0.205 e. The summed E-state index contributed by atoms with van der Waals surface area (Å²) < 4.78 is 1.81. The zero-order valence-electron chi connectivity index (χ0n) is 6.90. The molecule has 60 valence electrons. The van der Waals surface area contributed by atoms with Crippen LogP contribution in [0.25, 0.3) is 0 Å². The fourth-order valence-electron chi connectivity index (χ4n) is 0.952. The lowest BCUT2D eigenvalue weighted by Gasteiger charge is -2.09. The Bertz CT molecular complexity index is 265. The molecule has 0 saturated heterocycles. The average molecular weight is 153 g/mol. The van der Waals surface area contributed by atoms with Crippen molar-refractivity contribution in [2.45, 2.75) is 0 Å². The molecule has 1 heterocycles. The van der Waals surface area contributed by atoms with E-state index in [0.717, 1.165) is 12.2 Å². The van der Waals surface area contributed by atoms with Crippen molar-refractivity contribution >= 4 is 12.2 Å². The number of hydrogen-bond donors (Lipinski definition) is 0. The first kappa shape index (κ1) is 7.78. The highest BCUT2D eigenvalue weighted by atomic mass is 16.1. The lowest BCUT2D eigenvalue weighted by atomic mass is 10.5. The van der Waals surface area contributed by atoms with Gasteiger partial charge < -0.3 is 9.47 Å². The summed E-state index contributed by atoms with van der Waals surface area (Å²) in [5.74, 6) is 0.784. The monoisotopic (exact) mass is 153 g/mol. The van der Waals surface area contributed by atoms with Gasteiger partial charge in [0.1, 0.15) is 5.69 Å². The summed E-state index contributed by atoms with van der Waals surface area (Å²) in [6.07, 6.45) is 2.44. The summed E-state index contributed by atoms with van der Waals surface area (Å²) in [6, 6.07) is 0. The normalized spacial score (nSPS) is 9.73. The number of rotatable bonds is 2. The lowest BCUT2D eigenvalue weighted by Crippen LogP contribution is -2.13. The number of carbonyl (C=O) groups excluding carboxylic acids is 1. The standard InChI is InChI=1S/C7H11N3O/c1-9(2)7-8-6(5-11)4-10(7)3/h4-5H,1-3H3. The third-order valence-corrected chi connectivity index (χ3v) is 1.39. The molecular weight excluding hydrogens is 142 g/mol. The van der Waals surface area contributed by atoms with Gasteiger partial charge in [-0.3, -0.25) is 4.79 Å². The molecular formula is C7H11N3O. The molecule has 0 aliphatic rings. The van der Waals surface area contributed by atoms with Gasteiger partial charge in [0.15, 0.2) is 6.29 Å². The molecule has 0 saturated carbocycles. The SMILES string of the molecule is CN(C)c1nc(C=O)cn1C. The molecule has 4 nitrogen and oxygen atoms in total. The van der Waals surface area contributed by atoms with Gasteiger partial charge in [-0.1, -0.05) is 0 Å². The zero-order chi connectivity index (χ0) is 8.43. The van der Waals surface area contributed by atoms with E-state index >= 15 is 0 Å². The van der Waals surface area contributed by atoms with Crippen LogP contribution in [-0.4, -0.2) is 29.9 Å². The molecule has 4 heteroatoms. The van der Waals surface area contributed by atoms with E-state index in [-0.39, 0.29) is 0 Å². The molecule has 0 aliphatic heterocycles. The topological polar surface area (TPSA) is 38.1 Å². The van der Waals surface area contributed by atoms with Crippen LogP contribution in [-0.2, 0) is 7.05 Å². The van der Waals surface area contributed by atoms with Gasteiger partial charge in [0.05, 0.1) is 0 Å². The highest BCUT2D eigenvalue weighted by molar-refractivity contribution is 5.72. The van der Waals surface area contributed by atoms with E-state index in [0.29, 0.717) is 5.69 Å². The summed E-state index contributed by atoms with van der Waals surface area (Å²) in [5, 5.41) is 0. The maximum atomic E-state index is 10.3. The van der Waals surface area contributed by atoms with Crippen LogP contribution in [0.15, 0.2) is 6.20 Å². The molecule has 0 aliphatic carbocycles. The van der Waals surface area contributed by atoms with Crippen LogP contribution in [0.2, 0.25) is 0 Å². The molecule has 0 radical (unpaired) electrons. The number of nitrogens with zero attached hydrogens (tertiary/aromatic N) is 3. The summed E-state index contributed by atoms with van der Waals surface area (Å²) in [7, 11) is 5.63. The van der Waals surface area contributed by atoms with E-state index < -0.39 is 0 Å². The summed E-state index contributed by atoms with van der Waals surface area (Å²) >= 11 is 0. The fraction of sp³-hybridized carbons (Fsp3) is 0.429. The first-order valence-corrected chi connectivity index (χ1v) is 3.31. The zero-order valence-corrected chi connectivity index (χ0v) is 6.90. The van der Waals surface area contributed by atoms with Crippen LogP contribution < -0.4 is 4.90 Å². The highest BCUT2D eigenvalue weighted by Crippen LogP contribution is 2.07. The first-order valence-electron chi connectivity index (χ1n) is 3.31. The van der Waals surface area contributed by atoms with E-state index in [1.807, 2.05) is 30.6 Å². The van der Waals surface area contributed by atoms with Crippen LogP contribution in [0.4, 0.5) is 5.95 Å². The van der Waals surface area contributed by atoms with Crippen molar-refractivity contribution < 1.29 is 4.79 Å². The molecule has 0 unspecified atom stereocenters. The van der Waals surface area contributed by atoms with Crippen molar-refractivity contribution in [3.63, 3.8) is 0 Å². The Morgan fingerprint density at radius 1 is 1.64 bits per heavy atom. The van der Waals surface area contributed by atoms with Gasteiger partial charge in [-0.15, -0.1) is 0 Å². The fourth-order valence-corrected chi connectivity index (χ4v) is 0.952. The minimum Gasteiger partial charge on any atom is -0.348 e. The van der Waals surface area contributed by atoms with E-state index in [2.05, 4.69) is 4.98 Å². The molecule has 11 heavy (non-hydrogen) atoms. The van der Waals surface area contributed by atoms with Gasteiger partial charge in [0.25, 0.3) is 0 Å². The summed E-state index contributed by atoms with van der Waals surface area (Å²) in [5.41, 5.74) is 0.469. The Kier molecular flexibility index (Phi) is 1.94. The Hall–Kier alpha value is -1.32. The van der Waals surface area contributed by atoms with Crippen LogP contribution in [0.1, 0.15) is 10.5 Å². The summed E-state index contributed by atoms with van der Waals surface area (Å²) in [6.45, 7) is 0. The molecule has 0 aromatic carbocycles. The molecule has 0 N–H and O–H groups in total. The smallest absolute Gasteiger partial charge is 0.205 e. The Balaban J connectivity index is 3.06. The average Bonchev–Trinajstić information content (AvgIpc) is 2.30. The van der Waals surface area contributed by atoms with Gasteiger partial charge in [-0.2, -0.15) is 0 Å². The minimum absolute atomic E-state index is 0.469. The lowest BCUT2D eigenvalue weighted by molar-refractivity contribution is 0.111. The van der Waals surface area contributed by atoms with Crippen molar-refractivity contribution in [2.75, 3.05) is 19.0 Å². The molecule has 0 bridgehead atoms. The molecule has 0 amide bonds. The van der Waals surface area contributed by atoms with Crippen molar-refractivity contribution in [1.29, 1.82) is 0 Å². The second-order valence-corrected chi connectivity index (χ2v) is 2.59. The molecule has 0 atom stereocenters. The van der Waals surface area contributed by atoms with Crippen LogP contribution >= 0.6 is 0 Å². The first-order chi connectivity index (χ1) is 5.15. The van der Waals surface area contributed by atoms with Gasteiger partial charge in [-0.25, -0.2) is 4.98 Å². The Morgan fingerprint density at radius 2 is 2.27 bits per heavy atom. The predicted octanol–water partition coefficient (Wildman–Crippen LogP) is 0.299. The number of carbonyl (C=O) groups is 1. The predicted molar refractivity (Wildman–Crippen MR) is 42.9 cm³/mol. The highest BCUT2D eigenvalue weighted by Gasteiger charge is 2.04. The Labute approximate surface area is 65.5 Å². The molecule has 1 aromatic rings. The second-order valence-electron chi connectivity index (χ2n) is 2.59. The van der Waals surface area contributed by atoms with E-state index in [1.54, 1.807) is 6.20 Å². The number of aromatic nitrogens is 2. The van der Waals surface area contributed by atoms with Crippen molar-refractivity contribution in [3.05, 3.63) is 11.9 Å². The van der Waals surface area contributed by atoms with E-state index in [9.17, 15) is 4.79 Å². The Morgan fingerprint density at radius 3 is 2.55 bits per heavy atom. The van der Waals surface area contributed by atoms with Gasteiger partial charge in [0.2, 0.25) is 5.95 Å². The molecule has 0 spiro atoms. The number of aryl methyl sites for hydroxylation is 1. The molecule has 0 fully saturated rings. The second kappa shape index (κ2) is 2.74. The van der Waals surface area contributed by atoms with E-state index in [1.165, 1.54) is 0 Å². The number of aldehydes is 1. The number of anilines is 1.